The highest BCUT2D eigenvalue weighted by atomic mass is 14.7. The molecule has 0 fully saturated rings. The van der Waals surface area contributed by atoms with Crippen molar-refractivity contribution < 1.29 is 0 Å². The van der Waals surface area contributed by atoms with Gasteiger partial charge < -0.3 is 0 Å². The highest BCUT2D eigenvalue weighted by molar-refractivity contribution is 6.60. The average molecular weight is 103 g/mol. The molecule has 0 saturated heterocycles. The van der Waals surface area contributed by atoms with Gasteiger partial charge in [-0.3, -0.25) is 4.99 Å². The SMILES string of the molecule is [B]C1=NC=CC=CC1. The van der Waals surface area contributed by atoms with Gasteiger partial charge in [-0.05, 0) is 18.1 Å². The Labute approximate surface area is 50.2 Å². The van der Waals surface area contributed by atoms with E-state index >= 15 is 0 Å². The van der Waals surface area contributed by atoms with Gasteiger partial charge in [-0.1, -0.05) is 12.2 Å². The minimum absolute atomic E-state index is 0.676. The van der Waals surface area contributed by atoms with Crippen LogP contribution in [-0.4, -0.2) is 13.5 Å². The summed E-state index contributed by atoms with van der Waals surface area (Å²) in [5.41, 5.74) is 0.676. The van der Waals surface area contributed by atoms with Gasteiger partial charge in [0.2, 0.25) is 0 Å². The van der Waals surface area contributed by atoms with E-state index in [2.05, 4.69) is 4.99 Å². The summed E-state index contributed by atoms with van der Waals surface area (Å²) in [6.07, 6.45) is 8.23. The summed E-state index contributed by atoms with van der Waals surface area (Å²) >= 11 is 0. The maximum atomic E-state index is 5.38. The molecular formula is C6H6BN. The van der Waals surface area contributed by atoms with Crippen molar-refractivity contribution in [3.63, 3.8) is 0 Å². The third-order valence-electron chi connectivity index (χ3n) is 0.901. The van der Waals surface area contributed by atoms with Gasteiger partial charge in [0, 0.05) is 6.20 Å². The van der Waals surface area contributed by atoms with E-state index in [0.29, 0.717) is 5.61 Å². The van der Waals surface area contributed by atoms with Crippen molar-refractivity contribution >= 4 is 13.5 Å². The Morgan fingerprint density at radius 3 is 3.25 bits per heavy atom. The minimum atomic E-state index is 0.676. The van der Waals surface area contributed by atoms with Gasteiger partial charge in [-0.15, -0.1) is 0 Å². The Hall–Kier alpha value is -0.785. The van der Waals surface area contributed by atoms with Crippen LogP contribution < -0.4 is 0 Å². The fraction of sp³-hybridized carbons (Fsp3) is 0.167. The van der Waals surface area contributed by atoms with Crippen LogP contribution in [0.5, 0.6) is 0 Å². The van der Waals surface area contributed by atoms with Crippen LogP contribution in [0.1, 0.15) is 6.42 Å². The number of nitrogens with zero attached hydrogens (tertiary/aromatic N) is 1. The zero-order valence-corrected chi connectivity index (χ0v) is 4.54. The minimum Gasteiger partial charge on any atom is -0.277 e. The second kappa shape index (κ2) is 2.50. The summed E-state index contributed by atoms with van der Waals surface area (Å²) in [6, 6.07) is 0. The van der Waals surface area contributed by atoms with E-state index in [0.717, 1.165) is 6.42 Å². The van der Waals surface area contributed by atoms with Crippen LogP contribution in [0, 0.1) is 0 Å². The van der Waals surface area contributed by atoms with Crippen LogP contribution >= 0.6 is 0 Å². The molecule has 0 saturated carbocycles. The van der Waals surface area contributed by atoms with Crippen molar-refractivity contribution in [2.75, 3.05) is 0 Å². The summed E-state index contributed by atoms with van der Waals surface area (Å²) < 4.78 is 0. The molecule has 0 aromatic heterocycles. The first kappa shape index (κ1) is 5.35. The maximum Gasteiger partial charge on any atom is 0.135 e. The van der Waals surface area contributed by atoms with Crippen LogP contribution in [0.15, 0.2) is 29.4 Å². The summed E-state index contributed by atoms with van der Waals surface area (Å²) in [5, 5.41) is 0. The summed E-state index contributed by atoms with van der Waals surface area (Å²) in [7, 11) is 5.38. The molecule has 1 rings (SSSR count). The van der Waals surface area contributed by atoms with Gasteiger partial charge in [-0.2, -0.15) is 0 Å². The Morgan fingerprint density at radius 1 is 1.50 bits per heavy atom. The van der Waals surface area contributed by atoms with Crippen LogP contribution in [0.25, 0.3) is 0 Å². The van der Waals surface area contributed by atoms with Crippen molar-refractivity contribution in [2.45, 2.75) is 6.42 Å². The highest BCUT2D eigenvalue weighted by Crippen LogP contribution is 1.92. The fourth-order valence-electron chi connectivity index (χ4n) is 0.509. The van der Waals surface area contributed by atoms with Crippen LogP contribution in [0.4, 0.5) is 0 Å². The van der Waals surface area contributed by atoms with Crippen molar-refractivity contribution in [3.8, 4) is 0 Å². The van der Waals surface area contributed by atoms with Gasteiger partial charge in [0.05, 0.1) is 0 Å². The van der Waals surface area contributed by atoms with Crippen molar-refractivity contribution in [2.24, 2.45) is 4.99 Å². The second-order valence-corrected chi connectivity index (χ2v) is 1.59. The fourth-order valence-corrected chi connectivity index (χ4v) is 0.509. The first-order valence-electron chi connectivity index (χ1n) is 2.53. The number of hydrogen-bond acceptors (Lipinski definition) is 1. The third kappa shape index (κ3) is 1.37. The monoisotopic (exact) mass is 103 g/mol. The van der Waals surface area contributed by atoms with Gasteiger partial charge >= 0.3 is 0 Å². The lowest BCUT2D eigenvalue weighted by atomic mass is 9.98. The number of hydrogen-bond donors (Lipinski definition) is 0. The molecule has 0 aromatic carbocycles. The first-order chi connectivity index (χ1) is 3.89. The molecule has 8 heavy (non-hydrogen) atoms. The van der Waals surface area contributed by atoms with Crippen LogP contribution in [-0.2, 0) is 0 Å². The average Bonchev–Trinajstić information content (AvgIpc) is 1.94. The number of rotatable bonds is 0. The molecule has 0 N–H and O–H groups in total. The predicted molar refractivity (Wildman–Crippen MR) is 36.1 cm³/mol. The van der Waals surface area contributed by atoms with Gasteiger partial charge in [0.1, 0.15) is 7.85 Å². The molecule has 0 unspecified atom stereocenters. The molecule has 2 heteroatoms. The lowest BCUT2D eigenvalue weighted by Gasteiger charge is -1.86. The van der Waals surface area contributed by atoms with Crippen LogP contribution in [0.2, 0.25) is 0 Å². The van der Waals surface area contributed by atoms with E-state index < -0.39 is 0 Å². The van der Waals surface area contributed by atoms with E-state index in [4.69, 9.17) is 7.85 Å². The van der Waals surface area contributed by atoms with Crippen LogP contribution in [0.3, 0.4) is 0 Å². The normalized spacial score (nSPS) is 17.8. The zero-order chi connectivity index (χ0) is 5.82. The molecule has 0 spiro atoms. The van der Waals surface area contributed by atoms with E-state index in [1.165, 1.54) is 0 Å². The molecule has 1 aliphatic heterocycles. The Bertz CT molecular complexity index is 156. The number of aliphatic imine (C=N–C) groups is 1. The Morgan fingerprint density at radius 2 is 2.38 bits per heavy atom. The molecular weight excluding hydrogens is 96.9 g/mol. The van der Waals surface area contributed by atoms with E-state index in [1.807, 2.05) is 18.2 Å². The molecule has 1 heterocycles. The number of allylic oxidation sites excluding steroid dienone is 3. The molecule has 0 aliphatic carbocycles. The standard InChI is InChI=1S/C6H6BN/c7-6-4-2-1-3-5-8-6/h1-3,5H,4H2. The molecule has 38 valence electrons. The molecule has 2 radical (unpaired) electrons. The van der Waals surface area contributed by atoms with Gasteiger partial charge in [0.25, 0.3) is 0 Å². The zero-order valence-electron chi connectivity index (χ0n) is 4.54. The molecule has 0 aromatic rings. The second-order valence-electron chi connectivity index (χ2n) is 1.59. The molecule has 0 atom stereocenters. The van der Waals surface area contributed by atoms with E-state index in [9.17, 15) is 0 Å². The van der Waals surface area contributed by atoms with E-state index in [-0.39, 0.29) is 0 Å². The lowest BCUT2D eigenvalue weighted by Crippen LogP contribution is -1.91. The van der Waals surface area contributed by atoms with Gasteiger partial charge in [0.15, 0.2) is 0 Å². The Kier molecular flexibility index (Phi) is 1.68. The first-order valence-corrected chi connectivity index (χ1v) is 2.53. The largest absolute Gasteiger partial charge is 0.277 e. The Balaban J connectivity index is 2.69. The quantitative estimate of drug-likeness (QED) is 0.406. The van der Waals surface area contributed by atoms with Crippen molar-refractivity contribution in [3.05, 3.63) is 24.4 Å². The van der Waals surface area contributed by atoms with Gasteiger partial charge in [-0.25, -0.2) is 0 Å². The van der Waals surface area contributed by atoms with E-state index in [1.54, 1.807) is 6.20 Å². The summed E-state index contributed by atoms with van der Waals surface area (Å²) in [5.74, 6) is 0. The molecule has 0 bridgehead atoms. The van der Waals surface area contributed by atoms with Crippen molar-refractivity contribution in [1.29, 1.82) is 0 Å². The lowest BCUT2D eigenvalue weighted by molar-refractivity contribution is 1.48. The smallest absolute Gasteiger partial charge is 0.135 e. The summed E-state index contributed by atoms with van der Waals surface area (Å²) in [4.78, 5) is 3.88. The van der Waals surface area contributed by atoms with Crippen molar-refractivity contribution in [1.82, 2.24) is 0 Å². The maximum absolute atomic E-state index is 5.38. The highest BCUT2D eigenvalue weighted by Gasteiger charge is 1.84. The topological polar surface area (TPSA) is 12.4 Å². The molecule has 0 amide bonds. The summed E-state index contributed by atoms with van der Waals surface area (Å²) in [6.45, 7) is 0. The predicted octanol–water partition coefficient (Wildman–Crippen LogP) is 1.03. The third-order valence-corrected chi connectivity index (χ3v) is 0.901. The molecule has 1 aliphatic rings. The molecule has 1 nitrogen and oxygen atoms in total.